The summed E-state index contributed by atoms with van der Waals surface area (Å²) in [5.41, 5.74) is 3.44. The Labute approximate surface area is 121 Å². The first-order chi connectivity index (χ1) is 9.04. The molecule has 0 bridgehead atoms. The van der Waals surface area contributed by atoms with Crippen LogP contribution in [0, 0.1) is 13.8 Å². The summed E-state index contributed by atoms with van der Waals surface area (Å²) in [5.74, 6) is 0. The topological polar surface area (TPSA) is 22.8 Å². The van der Waals surface area contributed by atoms with Gasteiger partial charge in [-0.05, 0) is 37.6 Å². The maximum Gasteiger partial charge on any atom is 0.116 e. The van der Waals surface area contributed by atoms with E-state index in [1.807, 2.05) is 23.0 Å². The van der Waals surface area contributed by atoms with Crippen molar-refractivity contribution in [3.8, 4) is 0 Å². The molecule has 2 aromatic heterocycles. The maximum absolute atomic E-state index is 6.08. The fourth-order valence-corrected chi connectivity index (χ4v) is 2.61. The predicted octanol–water partition coefficient (Wildman–Crippen LogP) is 4.27. The van der Waals surface area contributed by atoms with E-state index < -0.39 is 0 Å². The summed E-state index contributed by atoms with van der Waals surface area (Å²) in [7, 11) is 0. The predicted molar refractivity (Wildman–Crippen MR) is 79.1 cm³/mol. The molecular formula is C14H13Cl2N3. The van der Waals surface area contributed by atoms with E-state index in [1.54, 1.807) is 0 Å². The van der Waals surface area contributed by atoms with Crippen LogP contribution in [0.5, 0.6) is 0 Å². The first-order valence-electron chi connectivity index (χ1n) is 5.98. The van der Waals surface area contributed by atoms with Gasteiger partial charge in [-0.15, -0.1) is 0 Å². The van der Waals surface area contributed by atoms with Gasteiger partial charge in [-0.3, -0.25) is 0 Å². The number of aryl methyl sites for hydroxylation is 2. The Morgan fingerprint density at radius 3 is 2.53 bits per heavy atom. The zero-order valence-corrected chi connectivity index (χ0v) is 12.2. The van der Waals surface area contributed by atoms with Gasteiger partial charge in [-0.2, -0.15) is 5.10 Å². The molecule has 0 saturated heterocycles. The van der Waals surface area contributed by atoms with Gasteiger partial charge < -0.3 is 4.57 Å². The lowest BCUT2D eigenvalue weighted by Gasteiger charge is -2.08. The Morgan fingerprint density at radius 2 is 1.84 bits per heavy atom. The Kier molecular flexibility index (Phi) is 3.03. The van der Waals surface area contributed by atoms with Gasteiger partial charge in [0.25, 0.3) is 0 Å². The van der Waals surface area contributed by atoms with Crippen molar-refractivity contribution < 1.29 is 0 Å². The minimum Gasteiger partial charge on any atom is -0.332 e. The summed E-state index contributed by atoms with van der Waals surface area (Å²) in [4.78, 5) is 0. The summed E-state index contributed by atoms with van der Waals surface area (Å²) in [6.45, 7) is 4.84. The minimum absolute atomic E-state index is 0.552. The zero-order chi connectivity index (χ0) is 13.6. The highest BCUT2D eigenvalue weighted by Crippen LogP contribution is 2.27. The molecule has 0 amide bonds. The zero-order valence-electron chi connectivity index (χ0n) is 10.7. The second-order valence-corrected chi connectivity index (χ2v) is 5.55. The molecule has 19 heavy (non-hydrogen) atoms. The first kappa shape index (κ1) is 12.6. The van der Waals surface area contributed by atoms with Crippen molar-refractivity contribution >= 4 is 34.1 Å². The third-order valence-corrected chi connectivity index (χ3v) is 3.94. The summed E-state index contributed by atoms with van der Waals surface area (Å²) >= 11 is 12.1. The van der Waals surface area contributed by atoms with E-state index in [-0.39, 0.29) is 0 Å². The van der Waals surface area contributed by atoms with E-state index in [1.165, 1.54) is 11.3 Å². The van der Waals surface area contributed by atoms with E-state index in [0.29, 0.717) is 16.7 Å². The van der Waals surface area contributed by atoms with Crippen LogP contribution in [0.3, 0.4) is 0 Å². The van der Waals surface area contributed by atoms with Crippen molar-refractivity contribution in [2.45, 2.75) is 20.5 Å². The van der Waals surface area contributed by atoms with Gasteiger partial charge in [0, 0.05) is 17.3 Å². The number of nitrogens with zero attached hydrogens (tertiary/aromatic N) is 3. The van der Waals surface area contributed by atoms with Crippen LogP contribution in [0.25, 0.3) is 10.9 Å². The molecule has 3 aromatic rings. The molecular weight excluding hydrogens is 281 g/mol. The Balaban J connectivity index is 2.06. The van der Waals surface area contributed by atoms with Crippen LogP contribution >= 0.6 is 23.2 Å². The number of halogens is 2. The van der Waals surface area contributed by atoms with Crippen molar-refractivity contribution in [3.63, 3.8) is 0 Å². The minimum atomic E-state index is 0.552. The molecule has 5 heteroatoms. The average Bonchev–Trinajstić information content (AvgIpc) is 2.86. The molecule has 1 aromatic carbocycles. The molecule has 3 nitrogen and oxygen atoms in total. The number of fused-ring (bicyclic) bond motifs is 1. The molecule has 0 N–H and O–H groups in total. The number of aromatic nitrogens is 3. The molecule has 0 radical (unpaired) electrons. The molecule has 0 spiro atoms. The number of rotatable bonds is 2. The number of benzene rings is 1. The Hall–Kier alpha value is -1.45. The fourth-order valence-electron chi connectivity index (χ4n) is 2.28. The lowest BCUT2D eigenvalue weighted by molar-refractivity contribution is 0.556. The molecule has 0 atom stereocenters. The summed E-state index contributed by atoms with van der Waals surface area (Å²) in [6, 6.07) is 5.85. The van der Waals surface area contributed by atoms with Crippen LogP contribution in [0.1, 0.15) is 11.3 Å². The van der Waals surface area contributed by atoms with Crippen molar-refractivity contribution in [3.05, 3.63) is 51.9 Å². The van der Waals surface area contributed by atoms with Gasteiger partial charge in [0.1, 0.15) is 6.67 Å². The lowest BCUT2D eigenvalue weighted by atomic mass is 10.2. The van der Waals surface area contributed by atoms with Gasteiger partial charge >= 0.3 is 0 Å². The van der Waals surface area contributed by atoms with Crippen molar-refractivity contribution in [1.29, 1.82) is 0 Å². The Morgan fingerprint density at radius 1 is 1.11 bits per heavy atom. The van der Waals surface area contributed by atoms with Crippen molar-refractivity contribution in [1.82, 2.24) is 14.3 Å². The van der Waals surface area contributed by atoms with Crippen LogP contribution in [0.15, 0.2) is 30.6 Å². The SMILES string of the molecule is Cc1cc(C)n(Cn2ncc3cc(Cl)c(Cl)cc32)c1. The average molecular weight is 294 g/mol. The van der Waals surface area contributed by atoms with Gasteiger partial charge in [-0.1, -0.05) is 23.2 Å². The second kappa shape index (κ2) is 4.58. The second-order valence-electron chi connectivity index (χ2n) is 4.74. The molecule has 98 valence electrons. The van der Waals surface area contributed by atoms with Crippen LogP contribution in [-0.2, 0) is 6.67 Å². The molecule has 0 fully saturated rings. The van der Waals surface area contributed by atoms with E-state index in [9.17, 15) is 0 Å². The smallest absolute Gasteiger partial charge is 0.116 e. The van der Waals surface area contributed by atoms with Gasteiger partial charge in [-0.25, -0.2) is 4.68 Å². The molecule has 0 aliphatic heterocycles. The number of hydrogen-bond acceptors (Lipinski definition) is 1. The summed E-state index contributed by atoms with van der Waals surface area (Å²) < 4.78 is 4.08. The molecule has 0 aliphatic rings. The highest BCUT2D eigenvalue weighted by Gasteiger charge is 2.08. The van der Waals surface area contributed by atoms with Crippen molar-refractivity contribution in [2.75, 3.05) is 0 Å². The van der Waals surface area contributed by atoms with Gasteiger partial charge in [0.2, 0.25) is 0 Å². The number of hydrogen-bond donors (Lipinski definition) is 0. The monoisotopic (exact) mass is 293 g/mol. The molecule has 2 heterocycles. The summed E-state index contributed by atoms with van der Waals surface area (Å²) in [5, 5.41) is 6.51. The van der Waals surface area contributed by atoms with Gasteiger partial charge in [0.05, 0.1) is 21.8 Å². The van der Waals surface area contributed by atoms with Gasteiger partial charge in [0.15, 0.2) is 0 Å². The standard InChI is InChI=1S/C14H13Cl2N3/c1-9-3-10(2)18(7-9)8-19-14-5-13(16)12(15)4-11(14)6-17-19/h3-7H,8H2,1-2H3. The molecule has 0 aliphatic carbocycles. The van der Waals surface area contributed by atoms with E-state index in [0.717, 1.165) is 10.9 Å². The molecule has 3 rings (SSSR count). The lowest BCUT2D eigenvalue weighted by Crippen LogP contribution is -2.09. The maximum atomic E-state index is 6.08. The normalized spacial score (nSPS) is 11.4. The van der Waals surface area contributed by atoms with Crippen LogP contribution < -0.4 is 0 Å². The third kappa shape index (κ3) is 2.24. The third-order valence-electron chi connectivity index (χ3n) is 3.22. The first-order valence-corrected chi connectivity index (χ1v) is 6.74. The van der Waals surface area contributed by atoms with E-state index in [4.69, 9.17) is 23.2 Å². The molecule has 0 saturated carbocycles. The summed E-state index contributed by atoms with van der Waals surface area (Å²) in [6.07, 6.45) is 3.92. The van der Waals surface area contributed by atoms with Crippen molar-refractivity contribution in [2.24, 2.45) is 0 Å². The fraction of sp³-hybridized carbons (Fsp3) is 0.214. The highest BCUT2D eigenvalue weighted by atomic mass is 35.5. The van der Waals surface area contributed by atoms with E-state index in [2.05, 4.69) is 35.8 Å². The van der Waals surface area contributed by atoms with Crippen LogP contribution in [-0.4, -0.2) is 14.3 Å². The van der Waals surface area contributed by atoms with Crippen LogP contribution in [0.4, 0.5) is 0 Å². The van der Waals surface area contributed by atoms with E-state index >= 15 is 0 Å². The van der Waals surface area contributed by atoms with Crippen LogP contribution in [0.2, 0.25) is 10.0 Å². The Bertz CT molecular complexity index is 755. The molecule has 0 unspecified atom stereocenters. The largest absolute Gasteiger partial charge is 0.332 e. The quantitative estimate of drug-likeness (QED) is 0.692. The highest BCUT2D eigenvalue weighted by molar-refractivity contribution is 6.42.